The fraction of sp³-hybridized carbons (Fsp3) is 0.500. The molecule has 0 unspecified atom stereocenters. The molecule has 0 bridgehead atoms. The van der Waals surface area contributed by atoms with Crippen LogP contribution in [-0.2, 0) is 14.8 Å². The average molecular weight is 314 g/mol. The Morgan fingerprint density at radius 1 is 1.24 bits per heavy atom. The van der Waals surface area contributed by atoms with Crippen LogP contribution in [0.3, 0.4) is 0 Å². The zero-order chi connectivity index (χ0) is 15.8. The van der Waals surface area contributed by atoms with E-state index in [1.807, 2.05) is 13.8 Å². The van der Waals surface area contributed by atoms with Gasteiger partial charge in [-0.3, -0.25) is 4.79 Å². The summed E-state index contributed by atoms with van der Waals surface area (Å²) < 4.78 is 39.4. The van der Waals surface area contributed by atoms with Gasteiger partial charge in [-0.1, -0.05) is 0 Å². The molecule has 1 fully saturated rings. The van der Waals surface area contributed by atoms with Crippen LogP contribution in [0.4, 0.5) is 4.39 Å². The number of hydrogen-bond donors (Lipinski definition) is 0. The number of piperazine rings is 1. The summed E-state index contributed by atoms with van der Waals surface area (Å²) in [5, 5.41) is 0. The Kier molecular flexibility index (Phi) is 4.34. The fourth-order valence-corrected chi connectivity index (χ4v) is 3.81. The Morgan fingerprint density at radius 3 is 2.43 bits per heavy atom. The highest BCUT2D eigenvalue weighted by Gasteiger charge is 2.33. The molecule has 0 aliphatic carbocycles. The van der Waals surface area contributed by atoms with Crippen LogP contribution < -0.4 is 0 Å². The van der Waals surface area contributed by atoms with Crippen LogP contribution in [-0.4, -0.2) is 49.2 Å². The SMILES string of the molecule is Cc1cc(S(=O)(=O)N2CCN(C(C)C)C(=O)C2)ccc1F. The lowest BCUT2D eigenvalue weighted by Gasteiger charge is -2.36. The standard InChI is InChI=1S/C14H19FN2O3S/c1-10(2)17-7-6-16(9-14(17)18)21(19,20)12-4-5-13(15)11(3)8-12/h4-5,8,10H,6-7,9H2,1-3H3. The van der Waals surface area contributed by atoms with Gasteiger partial charge in [-0.15, -0.1) is 0 Å². The Balaban J connectivity index is 2.25. The number of hydrogen-bond acceptors (Lipinski definition) is 3. The van der Waals surface area contributed by atoms with E-state index in [-0.39, 0.29) is 35.5 Å². The van der Waals surface area contributed by atoms with Crippen LogP contribution >= 0.6 is 0 Å². The minimum atomic E-state index is -3.76. The summed E-state index contributed by atoms with van der Waals surface area (Å²) in [6, 6.07) is 3.71. The van der Waals surface area contributed by atoms with Gasteiger partial charge in [-0.05, 0) is 44.5 Å². The molecule has 1 aromatic carbocycles. The molecule has 1 aromatic rings. The number of carbonyl (C=O) groups is 1. The first kappa shape index (κ1) is 15.9. The number of nitrogens with zero attached hydrogens (tertiary/aromatic N) is 2. The van der Waals surface area contributed by atoms with Crippen molar-refractivity contribution in [2.24, 2.45) is 0 Å². The minimum absolute atomic E-state index is 0.0206. The molecule has 1 aliphatic rings. The predicted molar refractivity (Wildman–Crippen MR) is 76.7 cm³/mol. The summed E-state index contributed by atoms with van der Waals surface area (Å²) >= 11 is 0. The lowest BCUT2D eigenvalue weighted by molar-refractivity contribution is -0.135. The van der Waals surface area contributed by atoms with E-state index in [1.165, 1.54) is 19.1 Å². The molecular weight excluding hydrogens is 295 g/mol. The number of rotatable bonds is 3. The summed E-state index contributed by atoms with van der Waals surface area (Å²) in [7, 11) is -3.76. The van der Waals surface area contributed by atoms with Gasteiger partial charge in [-0.25, -0.2) is 12.8 Å². The molecule has 0 saturated carbocycles. The number of halogens is 1. The van der Waals surface area contributed by atoms with Gasteiger partial charge in [0.05, 0.1) is 11.4 Å². The van der Waals surface area contributed by atoms with Crippen LogP contribution in [0.25, 0.3) is 0 Å². The van der Waals surface area contributed by atoms with Gasteiger partial charge in [0.1, 0.15) is 5.82 Å². The largest absolute Gasteiger partial charge is 0.338 e. The monoisotopic (exact) mass is 314 g/mol. The van der Waals surface area contributed by atoms with Crippen molar-refractivity contribution in [1.29, 1.82) is 0 Å². The molecule has 0 spiro atoms. The quantitative estimate of drug-likeness (QED) is 0.847. The fourth-order valence-electron chi connectivity index (χ4n) is 2.34. The van der Waals surface area contributed by atoms with Crippen LogP contribution in [0.15, 0.2) is 23.1 Å². The van der Waals surface area contributed by atoms with E-state index in [9.17, 15) is 17.6 Å². The van der Waals surface area contributed by atoms with E-state index in [2.05, 4.69) is 0 Å². The molecule has 7 heteroatoms. The number of aryl methyl sites for hydroxylation is 1. The lowest BCUT2D eigenvalue weighted by atomic mass is 10.2. The molecule has 0 N–H and O–H groups in total. The van der Waals surface area contributed by atoms with Gasteiger partial charge >= 0.3 is 0 Å². The molecule has 1 aliphatic heterocycles. The summed E-state index contributed by atoms with van der Waals surface area (Å²) in [5.74, 6) is -0.659. The first-order valence-electron chi connectivity index (χ1n) is 6.79. The maximum atomic E-state index is 13.3. The molecule has 0 radical (unpaired) electrons. The molecule has 0 atom stereocenters. The molecule has 1 heterocycles. The van der Waals surface area contributed by atoms with Gasteiger partial charge in [0, 0.05) is 19.1 Å². The zero-order valence-corrected chi connectivity index (χ0v) is 13.2. The van der Waals surface area contributed by atoms with Crippen molar-refractivity contribution in [1.82, 2.24) is 9.21 Å². The molecule has 116 valence electrons. The Bertz CT molecular complexity index is 658. The highest BCUT2D eigenvalue weighted by atomic mass is 32.2. The minimum Gasteiger partial charge on any atom is -0.338 e. The molecule has 5 nitrogen and oxygen atoms in total. The highest BCUT2D eigenvalue weighted by molar-refractivity contribution is 7.89. The Hall–Kier alpha value is -1.47. The van der Waals surface area contributed by atoms with Crippen LogP contribution in [0, 0.1) is 12.7 Å². The summed E-state index contributed by atoms with van der Waals surface area (Å²) in [4.78, 5) is 13.7. The first-order valence-corrected chi connectivity index (χ1v) is 8.23. The van der Waals surface area contributed by atoms with Crippen molar-refractivity contribution >= 4 is 15.9 Å². The summed E-state index contributed by atoms with van der Waals surface area (Å²) in [6.45, 7) is 5.75. The predicted octanol–water partition coefficient (Wildman–Crippen LogP) is 1.38. The number of amides is 1. The molecule has 1 saturated heterocycles. The summed E-state index contributed by atoms with van der Waals surface area (Å²) in [6.07, 6.45) is 0. The van der Waals surface area contributed by atoms with Crippen molar-refractivity contribution in [2.75, 3.05) is 19.6 Å². The van der Waals surface area contributed by atoms with E-state index in [4.69, 9.17) is 0 Å². The van der Waals surface area contributed by atoms with Gasteiger partial charge in [0.25, 0.3) is 0 Å². The van der Waals surface area contributed by atoms with Crippen molar-refractivity contribution in [3.63, 3.8) is 0 Å². The Labute approximate surface area is 124 Å². The highest BCUT2D eigenvalue weighted by Crippen LogP contribution is 2.21. The maximum Gasteiger partial charge on any atom is 0.243 e. The Morgan fingerprint density at radius 2 is 1.90 bits per heavy atom. The van der Waals surface area contributed by atoms with Gasteiger partial charge < -0.3 is 4.90 Å². The second kappa shape index (κ2) is 5.73. The summed E-state index contributed by atoms with van der Waals surface area (Å²) in [5.41, 5.74) is 0.267. The van der Waals surface area contributed by atoms with Crippen LogP contribution in [0.1, 0.15) is 19.4 Å². The van der Waals surface area contributed by atoms with E-state index < -0.39 is 15.8 Å². The van der Waals surface area contributed by atoms with Gasteiger partial charge in [0.15, 0.2) is 0 Å². The van der Waals surface area contributed by atoms with Crippen LogP contribution in [0.2, 0.25) is 0 Å². The van der Waals surface area contributed by atoms with E-state index >= 15 is 0 Å². The van der Waals surface area contributed by atoms with E-state index in [1.54, 1.807) is 4.90 Å². The first-order chi connectivity index (χ1) is 9.73. The molecule has 0 aromatic heterocycles. The topological polar surface area (TPSA) is 57.7 Å². The maximum absolute atomic E-state index is 13.3. The van der Waals surface area contributed by atoms with Gasteiger partial charge in [0.2, 0.25) is 15.9 Å². The van der Waals surface area contributed by atoms with Crippen molar-refractivity contribution in [2.45, 2.75) is 31.7 Å². The third-order valence-corrected chi connectivity index (χ3v) is 5.45. The van der Waals surface area contributed by atoms with Crippen molar-refractivity contribution in [3.05, 3.63) is 29.6 Å². The number of benzene rings is 1. The third-order valence-electron chi connectivity index (χ3n) is 3.61. The molecule has 1 amide bonds. The molecule has 2 rings (SSSR count). The molecule has 21 heavy (non-hydrogen) atoms. The lowest BCUT2D eigenvalue weighted by Crippen LogP contribution is -2.54. The average Bonchev–Trinajstić information content (AvgIpc) is 2.41. The smallest absolute Gasteiger partial charge is 0.243 e. The van der Waals surface area contributed by atoms with E-state index in [0.29, 0.717) is 6.54 Å². The zero-order valence-electron chi connectivity index (χ0n) is 12.3. The normalized spacial score (nSPS) is 17.6. The number of sulfonamides is 1. The van der Waals surface area contributed by atoms with Crippen LogP contribution in [0.5, 0.6) is 0 Å². The second-order valence-corrected chi connectivity index (χ2v) is 7.37. The second-order valence-electron chi connectivity index (χ2n) is 5.43. The van der Waals surface area contributed by atoms with Crippen molar-refractivity contribution in [3.8, 4) is 0 Å². The molecular formula is C14H19FN2O3S. The van der Waals surface area contributed by atoms with E-state index in [0.717, 1.165) is 10.4 Å². The van der Waals surface area contributed by atoms with Gasteiger partial charge in [-0.2, -0.15) is 4.31 Å². The third kappa shape index (κ3) is 3.08. The number of carbonyl (C=O) groups excluding carboxylic acids is 1. The van der Waals surface area contributed by atoms with Crippen molar-refractivity contribution < 1.29 is 17.6 Å².